The van der Waals surface area contributed by atoms with E-state index in [1.807, 2.05) is 24.6 Å². The summed E-state index contributed by atoms with van der Waals surface area (Å²) in [4.78, 5) is 26.5. The van der Waals surface area contributed by atoms with E-state index in [1.54, 1.807) is 30.7 Å². The van der Waals surface area contributed by atoms with Crippen LogP contribution in [0.5, 0.6) is 11.5 Å². The first kappa shape index (κ1) is 27.6. The lowest BCUT2D eigenvalue weighted by atomic mass is 10.1. The summed E-state index contributed by atoms with van der Waals surface area (Å²) < 4.78 is 38.1. The summed E-state index contributed by atoms with van der Waals surface area (Å²) in [5.74, 6) is -1.53. The zero-order valence-corrected chi connectivity index (χ0v) is 23.3. The van der Waals surface area contributed by atoms with Gasteiger partial charge in [-0.2, -0.15) is 10.2 Å². The predicted octanol–water partition coefficient (Wildman–Crippen LogP) is 6.48. The molecule has 1 amide bonds. The monoisotopic (exact) mass is 580 g/mol. The zero-order chi connectivity index (χ0) is 30.1. The van der Waals surface area contributed by atoms with Crippen molar-refractivity contribution >= 4 is 22.5 Å². The first-order valence-corrected chi connectivity index (χ1v) is 13.6. The number of rotatable bonds is 8. The van der Waals surface area contributed by atoms with Gasteiger partial charge < -0.3 is 10.1 Å². The largest absolute Gasteiger partial charge is 0.454 e. The molecule has 43 heavy (non-hydrogen) atoms. The Kier molecular flexibility index (Phi) is 7.29. The van der Waals surface area contributed by atoms with Crippen LogP contribution < -0.4 is 15.6 Å². The van der Waals surface area contributed by atoms with Crippen LogP contribution in [-0.4, -0.2) is 30.5 Å². The van der Waals surface area contributed by atoms with Gasteiger partial charge in [0, 0.05) is 52.4 Å². The number of hydrogen-bond donors (Lipinski definition) is 2. The van der Waals surface area contributed by atoms with Crippen LogP contribution in [0.3, 0.4) is 0 Å². The van der Waals surface area contributed by atoms with Gasteiger partial charge in [0.15, 0.2) is 11.6 Å². The van der Waals surface area contributed by atoms with Gasteiger partial charge in [0.05, 0.1) is 17.9 Å². The standard InChI is InChI=1S/C32H26F2N6O3/c1-3-23-10-11-25(32(42)40(23)24-8-5-21(33)6-9-24)31(41)38-22-7-12-29(27(34)14-22)43-30-13-19-18-37-39(4-2)28(19)15-26(30)20-16-35-36-17-20/h5-18H,3-4H2,1-2H3,(H,35,36)(H,38,41). The second-order valence-corrected chi connectivity index (χ2v) is 9.76. The Morgan fingerprint density at radius 3 is 2.49 bits per heavy atom. The summed E-state index contributed by atoms with van der Waals surface area (Å²) in [5.41, 5.74) is 2.85. The van der Waals surface area contributed by atoms with Crippen molar-refractivity contribution in [2.45, 2.75) is 26.8 Å². The van der Waals surface area contributed by atoms with Crippen molar-refractivity contribution < 1.29 is 18.3 Å². The minimum atomic E-state index is -0.717. The minimum absolute atomic E-state index is 0.0593. The van der Waals surface area contributed by atoms with E-state index < -0.39 is 23.1 Å². The number of ether oxygens (including phenoxy) is 1. The lowest BCUT2D eigenvalue weighted by molar-refractivity contribution is 0.102. The Morgan fingerprint density at radius 2 is 1.79 bits per heavy atom. The average Bonchev–Trinajstić information content (AvgIpc) is 3.68. The summed E-state index contributed by atoms with van der Waals surface area (Å²) in [7, 11) is 0. The van der Waals surface area contributed by atoms with Gasteiger partial charge in [-0.15, -0.1) is 0 Å². The zero-order valence-electron chi connectivity index (χ0n) is 23.3. The number of nitrogens with one attached hydrogen (secondary N) is 2. The van der Waals surface area contributed by atoms with E-state index in [4.69, 9.17) is 4.74 Å². The van der Waals surface area contributed by atoms with E-state index in [0.29, 0.717) is 35.7 Å². The molecule has 0 saturated carbocycles. The molecule has 3 aromatic heterocycles. The minimum Gasteiger partial charge on any atom is -0.454 e. The summed E-state index contributed by atoms with van der Waals surface area (Å²) in [6, 6.07) is 16.2. The van der Waals surface area contributed by atoms with Crippen LogP contribution in [0.1, 0.15) is 29.9 Å². The van der Waals surface area contributed by atoms with Gasteiger partial charge in [0.1, 0.15) is 17.1 Å². The second kappa shape index (κ2) is 11.4. The van der Waals surface area contributed by atoms with Crippen LogP contribution in [0, 0.1) is 11.6 Å². The van der Waals surface area contributed by atoms with Crippen molar-refractivity contribution in [3.8, 4) is 28.3 Å². The maximum atomic E-state index is 15.3. The molecular weight excluding hydrogens is 554 g/mol. The highest BCUT2D eigenvalue weighted by Gasteiger charge is 2.19. The predicted molar refractivity (Wildman–Crippen MR) is 159 cm³/mol. The first-order valence-electron chi connectivity index (χ1n) is 13.6. The number of amides is 1. The van der Waals surface area contributed by atoms with Gasteiger partial charge in [-0.1, -0.05) is 6.92 Å². The van der Waals surface area contributed by atoms with Crippen molar-refractivity contribution in [3.63, 3.8) is 0 Å². The number of anilines is 1. The van der Waals surface area contributed by atoms with Crippen molar-refractivity contribution in [1.29, 1.82) is 0 Å². The molecule has 216 valence electrons. The highest BCUT2D eigenvalue weighted by Crippen LogP contribution is 2.38. The molecule has 0 saturated heterocycles. The van der Waals surface area contributed by atoms with E-state index in [1.165, 1.54) is 47.0 Å². The fourth-order valence-electron chi connectivity index (χ4n) is 4.94. The third kappa shape index (κ3) is 5.28. The molecule has 6 aromatic rings. The third-order valence-corrected chi connectivity index (χ3v) is 7.12. The van der Waals surface area contributed by atoms with Crippen LogP contribution in [0.15, 0.2) is 90.1 Å². The molecule has 0 spiro atoms. The van der Waals surface area contributed by atoms with E-state index in [-0.39, 0.29) is 17.0 Å². The summed E-state index contributed by atoms with van der Waals surface area (Å²) in [6.07, 6.45) is 5.59. The lowest BCUT2D eigenvalue weighted by Gasteiger charge is -2.15. The SMILES string of the molecule is CCc1ccc(C(=O)Nc2ccc(Oc3cc4cnn(CC)c4cc3-c3cn[nH]c3)c(F)c2)c(=O)n1-c1ccc(F)cc1. The average molecular weight is 581 g/mol. The van der Waals surface area contributed by atoms with Gasteiger partial charge in [0.25, 0.3) is 11.5 Å². The molecule has 0 radical (unpaired) electrons. The quantitative estimate of drug-likeness (QED) is 0.214. The summed E-state index contributed by atoms with van der Waals surface area (Å²) in [5, 5.41) is 14.6. The van der Waals surface area contributed by atoms with Crippen LogP contribution in [0.2, 0.25) is 0 Å². The number of benzene rings is 3. The van der Waals surface area contributed by atoms with Crippen LogP contribution >= 0.6 is 0 Å². The number of hydrogen-bond acceptors (Lipinski definition) is 5. The van der Waals surface area contributed by atoms with Crippen LogP contribution in [0.25, 0.3) is 27.7 Å². The molecule has 0 fully saturated rings. The van der Waals surface area contributed by atoms with Gasteiger partial charge in [-0.3, -0.25) is 23.9 Å². The molecule has 0 atom stereocenters. The molecule has 0 aliphatic heterocycles. The normalized spacial score (nSPS) is 11.2. The number of halogens is 2. The summed E-state index contributed by atoms with van der Waals surface area (Å²) >= 11 is 0. The van der Waals surface area contributed by atoms with Gasteiger partial charge in [-0.05, 0) is 74.0 Å². The van der Waals surface area contributed by atoms with Gasteiger partial charge >= 0.3 is 0 Å². The number of H-pyrrole nitrogens is 1. The molecule has 0 aliphatic rings. The fourth-order valence-corrected chi connectivity index (χ4v) is 4.94. The topological polar surface area (TPSA) is 107 Å². The number of aromatic amines is 1. The van der Waals surface area contributed by atoms with E-state index in [9.17, 15) is 14.0 Å². The third-order valence-electron chi connectivity index (χ3n) is 7.12. The van der Waals surface area contributed by atoms with Gasteiger partial charge in [-0.25, -0.2) is 8.78 Å². The van der Waals surface area contributed by atoms with Crippen molar-refractivity contribution in [2.75, 3.05) is 5.32 Å². The Hall–Kier alpha value is -5.58. The maximum Gasteiger partial charge on any atom is 0.268 e. The van der Waals surface area contributed by atoms with E-state index in [2.05, 4.69) is 20.6 Å². The highest BCUT2D eigenvalue weighted by atomic mass is 19.1. The maximum absolute atomic E-state index is 15.3. The molecule has 0 aliphatic carbocycles. The highest BCUT2D eigenvalue weighted by molar-refractivity contribution is 6.04. The second-order valence-electron chi connectivity index (χ2n) is 9.76. The van der Waals surface area contributed by atoms with Crippen molar-refractivity contribution in [3.05, 3.63) is 119 Å². The Morgan fingerprint density at radius 1 is 0.977 bits per heavy atom. The van der Waals surface area contributed by atoms with Gasteiger partial charge in [0.2, 0.25) is 0 Å². The lowest BCUT2D eigenvalue weighted by Crippen LogP contribution is -2.30. The first-order chi connectivity index (χ1) is 20.9. The van der Waals surface area contributed by atoms with Crippen LogP contribution in [-0.2, 0) is 13.0 Å². The Bertz CT molecular complexity index is 2010. The smallest absolute Gasteiger partial charge is 0.268 e. The van der Waals surface area contributed by atoms with Crippen molar-refractivity contribution in [2.24, 2.45) is 0 Å². The van der Waals surface area contributed by atoms with E-state index in [0.717, 1.165) is 22.5 Å². The molecule has 6 rings (SSSR count). The molecule has 0 unspecified atom stereocenters. The molecule has 11 heteroatoms. The number of aromatic nitrogens is 5. The molecule has 3 aromatic carbocycles. The molecule has 3 heterocycles. The number of fused-ring (bicyclic) bond motifs is 1. The molecule has 0 bridgehead atoms. The molecular formula is C32H26F2N6O3. The van der Waals surface area contributed by atoms with Crippen molar-refractivity contribution in [1.82, 2.24) is 24.5 Å². The molecule has 9 nitrogen and oxygen atoms in total. The van der Waals surface area contributed by atoms with E-state index >= 15 is 4.39 Å². The fraction of sp³-hybridized carbons (Fsp3) is 0.125. The number of carbonyl (C=O) groups excluding carboxylic acids is 1. The Balaban J connectivity index is 1.28. The van der Waals surface area contributed by atoms with Crippen LogP contribution in [0.4, 0.5) is 14.5 Å². The Labute approximate surface area is 244 Å². The summed E-state index contributed by atoms with van der Waals surface area (Å²) in [6.45, 7) is 4.54. The number of carbonyl (C=O) groups is 1. The number of nitrogens with zero attached hydrogens (tertiary/aromatic N) is 4. The number of aryl methyl sites for hydroxylation is 2. The molecule has 2 N–H and O–H groups in total. The number of pyridine rings is 1.